The summed E-state index contributed by atoms with van der Waals surface area (Å²) < 4.78 is 17.3. The van der Waals surface area contributed by atoms with Crippen molar-refractivity contribution in [2.24, 2.45) is 5.92 Å². The first-order valence-electron chi connectivity index (χ1n) is 10.0. The second-order valence-electron chi connectivity index (χ2n) is 7.98. The number of hydrazine groups is 1. The van der Waals surface area contributed by atoms with Crippen molar-refractivity contribution in [3.05, 3.63) is 35.4 Å². The number of aliphatic hydroxyl groups excluding tert-OH is 1. The van der Waals surface area contributed by atoms with Crippen LogP contribution in [0.5, 0.6) is 11.5 Å². The number of aliphatic hydroxyl groups is 1. The minimum Gasteiger partial charge on any atom is -0.493 e. The number of carbonyl (C=O) groups is 1. The number of hydrogen-bond donors (Lipinski definition) is 2. The van der Waals surface area contributed by atoms with Crippen LogP contribution in [0.15, 0.2) is 24.3 Å². The highest BCUT2D eigenvalue weighted by Gasteiger charge is 2.56. The van der Waals surface area contributed by atoms with E-state index in [9.17, 15) is 9.90 Å². The first-order chi connectivity index (χ1) is 13.6. The standard InChI is InChI=1S/C21H26N2O5/c1-3-27-20(25)14-11-22-23-9-8-21-7-6-12(24)10-16(21)28-19-15(26-2)5-4-13(17(19)21)18(14)23/h4-7,12,14,16,18,22,24H,3,8-11H2,1-2H3. The van der Waals surface area contributed by atoms with E-state index in [-0.39, 0.29) is 29.4 Å². The molecule has 5 rings (SSSR count). The minimum absolute atomic E-state index is 0.110. The Morgan fingerprint density at radius 1 is 1.46 bits per heavy atom. The zero-order valence-corrected chi connectivity index (χ0v) is 16.2. The first-order valence-corrected chi connectivity index (χ1v) is 10.0. The van der Waals surface area contributed by atoms with Gasteiger partial charge in [-0.1, -0.05) is 18.2 Å². The summed E-state index contributed by atoms with van der Waals surface area (Å²) in [5, 5.41) is 12.4. The lowest BCUT2D eigenvalue weighted by molar-refractivity contribution is -0.148. The molecule has 0 radical (unpaired) electrons. The summed E-state index contributed by atoms with van der Waals surface area (Å²) >= 11 is 0. The van der Waals surface area contributed by atoms with Gasteiger partial charge in [0, 0.05) is 25.1 Å². The lowest BCUT2D eigenvalue weighted by Gasteiger charge is -2.35. The van der Waals surface area contributed by atoms with Gasteiger partial charge in [0.05, 0.1) is 37.2 Å². The van der Waals surface area contributed by atoms with Crippen molar-refractivity contribution in [1.82, 2.24) is 10.4 Å². The number of rotatable bonds is 3. The minimum atomic E-state index is -0.507. The van der Waals surface area contributed by atoms with Crippen molar-refractivity contribution in [2.45, 2.75) is 43.4 Å². The Kier molecular flexibility index (Phi) is 4.15. The van der Waals surface area contributed by atoms with Crippen molar-refractivity contribution in [2.75, 3.05) is 26.8 Å². The molecule has 5 atom stereocenters. The lowest BCUT2D eigenvalue weighted by atomic mass is 9.68. The molecule has 0 aromatic heterocycles. The van der Waals surface area contributed by atoms with Gasteiger partial charge >= 0.3 is 5.97 Å². The predicted molar refractivity (Wildman–Crippen MR) is 101 cm³/mol. The van der Waals surface area contributed by atoms with E-state index in [1.165, 1.54) is 0 Å². The number of nitrogens with zero attached hydrogens (tertiary/aromatic N) is 1. The molecule has 2 N–H and O–H groups in total. The summed E-state index contributed by atoms with van der Waals surface area (Å²) in [4.78, 5) is 12.7. The first kappa shape index (κ1) is 18.0. The van der Waals surface area contributed by atoms with Crippen LogP contribution in [0.25, 0.3) is 0 Å². The molecule has 7 heteroatoms. The molecule has 0 amide bonds. The van der Waals surface area contributed by atoms with Crippen LogP contribution in [0, 0.1) is 5.92 Å². The van der Waals surface area contributed by atoms with Gasteiger partial charge in [0.25, 0.3) is 0 Å². The average molecular weight is 386 g/mol. The quantitative estimate of drug-likeness (QED) is 0.601. The van der Waals surface area contributed by atoms with Crippen LogP contribution < -0.4 is 14.9 Å². The Morgan fingerprint density at radius 2 is 2.32 bits per heavy atom. The molecule has 28 heavy (non-hydrogen) atoms. The summed E-state index contributed by atoms with van der Waals surface area (Å²) in [6.45, 7) is 3.55. The third-order valence-corrected chi connectivity index (χ3v) is 6.65. The predicted octanol–water partition coefficient (Wildman–Crippen LogP) is 1.46. The smallest absolute Gasteiger partial charge is 0.312 e. The van der Waals surface area contributed by atoms with Crippen LogP contribution in [0.4, 0.5) is 0 Å². The Bertz CT molecular complexity index is 840. The molecular weight excluding hydrogens is 360 g/mol. The SMILES string of the molecule is CCOC(=O)C1CNN2CCC34C=CC(O)CC3Oc3c(OC)ccc(c34)C12. The average Bonchev–Trinajstić information content (AvgIpc) is 3.22. The van der Waals surface area contributed by atoms with Gasteiger partial charge in [-0.25, -0.2) is 5.01 Å². The fraction of sp³-hybridized carbons (Fsp3) is 0.571. The summed E-state index contributed by atoms with van der Waals surface area (Å²) in [6, 6.07) is 3.87. The number of nitrogens with one attached hydrogen (secondary N) is 1. The van der Waals surface area contributed by atoms with E-state index in [2.05, 4.69) is 22.6 Å². The van der Waals surface area contributed by atoms with Crippen molar-refractivity contribution in [3.8, 4) is 11.5 Å². The highest BCUT2D eigenvalue weighted by molar-refractivity contribution is 5.75. The van der Waals surface area contributed by atoms with Crippen LogP contribution in [-0.4, -0.2) is 55.1 Å². The summed E-state index contributed by atoms with van der Waals surface area (Å²) in [6.07, 6.45) is 4.74. The largest absolute Gasteiger partial charge is 0.493 e. The van der Waals surface area contributed by atoms with Gasteiger partial charge in [-0.05, 0) is 25.0 Å². The molecule has 1 spiro atoms. The topological polar surface area (TPSA) is 80.3 Å². The van der Waals surface area contributed by atoms with Crippen LogP contribution in [-0.2, 0) is 14.9 Å². The number of methoxy groups -OCH3 is 1. The van der Waals surface area contributed by atoms with E-state index in [4.69, 9.17) is 14.2 Å². The van der Waals surface area contributed by atoms with E-state index < -0.39 is 6.10 Å². The number of ether oxygens (including phenoxy) is 3. The van der Waals surface area contributed by atoms with Gasteiger partial charge in [0.1, 0.15) is 6.10 Å². The fourth-order valence-electron chi connectivity index (χ4n) is 5.40. The van der Waals surface area contributed by atoms with E-state index in [0.717, 1.165) is 29.8 Å². The van der Waals surface area contributed by atoms with Crippen LogP contribution in [0.1, 0.15) is 36.9 Å². The molecule has 1 aliphatic carbocycles. The van der Waals surface area contributed by atoms with Gasteiger partial charge in [-0.2, -0.15) is 0 Å². The van der Waals surface area contributed by atoms with Gasteiger partial charge in [0.2, 0.25) is 0 Å². The number of benzene rings is 1. The fourth-order valence-corrected chi connectivity index (χ4v) is 5.40. The normalized spacial score (nSPS) is 35.4. The molecule has 7 nitrogen and oxygen atoms in total. The molecule has 5 unspecified atom stereocenters. The molecule has 0 bridgehead atoms. The Balaban J connectivity index is 1.68. The number of fused-ring (bicyclic) bond motifs is 2. The second kappa shape index (κ2) is 6.47. The van der Waals surface area contributed by atoms with Crippen molar-refractivity contribution >= 4 is 5.97 Å². The molecule has 1 saturated heterocycles. The summed E-state index contributed by atoms with van der Waals surface area (Å²) in [5.74, 6) is 1.00. The highest BCUT2D eigenvalue weighted by Crippen LogP contribution is 2.58. The maximum absolute atomic E-state index is 12.7. The van der Waals surface area contributed by atoms with Crippen LogP contribution in [0.2, 0.25) is 0 Å². The van der Waals surface area contributed by atoms with Crippen molar-refractivity contribution in [3.63, 3.8) is 0 Å². The Morgan fingerprint density at radius 3 is 3.11 bits per heavy atom. The van der Waals surface area contributed by atoms with Crippen molar-refractivity contribution in [1.29, 1.82) is 0 Å². The van der Waals surface area contributed by atoms with Gasteiger partial charge in [0.15, 0.2) is 11.5 Å². The molecule has 3 aliphatic heterocycles. The third-order valence-electron chi connectivity index (χ3n) is 6.65. The molecule has 1 fully saturated rings. The number of hydrogen-bond acceptors (Lipinski definition) is 7. The maximum atomic E-state index is 12.7. The summed E-state index contributed by atoms with van der Waals surface area (Å²) in [5.41, 5.74) is 5.28. The number of esters is 1. The zero-order valence-electron chi connectivity index (χ0n) is 16.2. The molecule has 150 valence electrons. The molecule has 0 saturated carbocycles. The Hall–Kier alpha value is -2.09. The molecular formula is C21H26N2O5. The Labute approximate surface area is 164 Å². The second-order valence-corrected chi connectivity index (χ2v) is 7.98. The van der Waals surface area contributed by atoms with Crippen molar-refractivity contribution < 1.29 is 24.1 Å². The monoisotopic (exact) mass is 386 g/mol. The van der Waals surface area contributed by atoms with E-state index >= 15 is 0 Å². The molecule has 4 aliphatic rings. The third kappa shape index (κ3) is 2.36. The van der Waals surface area contributed by atoms with Gasteiger partial charge in [-0.15, -0.1) is 0 Å². The van der Waals surface area contributed by atoms with E-state index in [1.807, 2.05) is 19.1 Å². The molecule has 3 heterocycles. The molecule has 1 aromatic rings. The van der Waals surface area contributed by atoms with Crippen LogP contribution >= 0.6 is 0 Å². The van der Waals surface area contributed by atoms with E-state index in [0.29, 0.717) is 25.3 Å². The van der Waals surface area contributed by atoms with Gasteiger partial charge in [-0.3, -0.25) is 10.2 Å². The maximum Gasteiger partial charge on any atom is 0.312 e. The zero-order chi connectivity index (χ0) is 19.5. The van der Waals surface area contributed by atoms with Crippen LogP contribution in [0.3, 0.4) is 0 Å². The summed E-state index contributed by atoms with van der Waals surface area (Å²) in [7, 11) is 1.64. The molecule has 1 aromatic carbocycles. The lowest BCUT2D eigenvalue weighted by Crippen LogP contribution is -2.43. The van der Waals surface area contributed by atoms with E-state index in [1.54, 1.807) is 7.11 Å². The van der Waals surface area contributed by atoms with Gasteiger partial charge < -0.3 is 19.3 Å². The number of carbonyl (C=O) groups excluding carboxylic acids is 1. The highest BCUT2D eigenvalue weighted by atomic mass is 16.5.